The number of hydrogen-bond donors (Lipinski definition) is 0. The molecule has 0 unspecified atom stereocenters. The zero-order valence-corrected chi connectivity index (χ0v) is 13.9. The summed E-state index contributed by atoms with van der Waals surface area (Å²) < 4.78 is 0. The van der Waals surface area contributed by atoms with Gasteiger partial charge in [0.1, 0.15) is 0 Å². The molecule has 3 aromatic rings. The number of benzene rings is 2. The smallest absolute Gasteiger partial charge is 0.0782 e. The Morgan fingerprint density at radius 3 is 2.45 bits per heavy atom. The Kier molecular flexibility index (Phi) is 3.74. The second-order valence-corrected chi connectivity index (χ2v) is 7.27. The molecular weight excluding hydrogens is 266 g/mol. The van der Waals surface area contributed by atoms with Gasteiger partial charge in [0.2, 0.25) is 0 Å². The first-order valence-electron chi connectivity index (χ1n) is 7.88. The fourth-order valence-corrected chi connectivity index (χ4v) is 3.00. The lowest BCUT2D eigenvalue weighted by Crippen LogP contribution is -2.08. The van der Waals surface area contributed by atoms with Gasteiger partial charge in [0, 0.05) is 17.1 Å². The summed E-state index contributed by atoms with van der Waals surface area (Å²) in [4.78, 5) is 4.64. The summed E-state index contributed by atoms with van der Waals surface area (Å²) in [6, 6.07) is 17.3. The monoisotopic (exact) mass is 289 g/mol. The van der Waals surface area contributed by atoms with Crippen LogP contribution in [0.15, 0.2) is 54.7 Å². The average Bonchev–Trinajstić information content (AvgIpc) is 2.45. The second kappa shape index (κ2) is 5.57. The van der Waals surface area contributed by atoms with Crippen molar-refractivity contribution in [3.05, 3.63) is 65.9 Å². The van der Waals surface area contributed by atoms with Crippen molar-refractivity contribution >= 4 is 10.8 Å². The summed E-state index contributed by atoms with van der Waals surface area (Å²) in [5.74, 6) is 0. The van der Waals surface area contributed by atoms with E-state index in [0.717, 1.165) is 12.1 Å². The van der Waals surface area contributed by atoms with E-state index in [9.17, 15) is 0 Å². The molecule has 0 aliphatic heterocycles. The molecule has 112 valence electrons. The average molecular weight is 289 g/mol. The summed E-state index contributed by atoms with van der Waals surface area (Å²) >= 11 is 0. The van der Waals surface area contributed by atoms with Gasteiger partial charge in [0.25, 0.3) is 0 Å². The van der Waals surface area contributed by atoms with Gasteiger partial charge >= 0.3 is 0 Å². The van der Waals surface area contributed by atoms with Crippen LogP contribution in [0.3, 0.4) is 0 Å². The van der Waals surface area contributed by atoms with E-state index in [0.29, 0.717) is 5.41 Å². The van der Waals surface area contributed by atoms with E-state index < -0.39 is 0 Å². The van der Waals surface area contributed by atoms with Crippen LogP contribution in [0.1, 0.15) is 31.9 Å². The SMILES string of the molecule is Cc1ccccc1-c1nccc2cc(CC(C)(C)C)ccc12. The number of hydrogen-bond acceptors (Lipinski definition) is 1. The molecule has 1 heteroatoms. The van der Waals surface area contributed by atoms with E-state index in [1.807, 2.05) is 6.20 Å². The molecule has 0 spiro atoms. The molecule has 0 fully saturated rings. The highest BCUT2D eigenvalue weighted by atomic mass is 14.7. The van der Waals surface area contributed by atoms with Gasteiger partial charge in [-0.3, -0.25) is 4.98 Å². The molecule has 22 heavy (non-hydrogen) atoms. The molecule has 0 N–H and O–H groups in total. The molecule has 0 bridgehead atoms. The number of aromatic nitrogens is 1. The maximum absolute atomic E-state index is 4.64. The maximum Gasteiger partial charge on any atom is 0.0782 e. The van der Waals surface area contributed by atoms with Gasteiger partial charge in [-0.05, 0) is 41.3 Å². The summed E-state index contributed by atoms with van der Waals surface area (Å²) in [5.41, 5.74) is 5.26. The van der Waals surface area contributed by atoms with Gasteiger partial charge in [-0.1, -0.05) is 63.2 Å². The number of pyridine rings is 1. The molecule has 0 saturated carbocycles. The third-order valence-corrected chi connectivity index (χ3v) is 3.96. The van der Waals surface area contributed by atoms with Crippen molar-refractivity contribution in [2.75, 3.05) is 0 Å². The van der Waals surface area contributed by atoms with E-state index in [4.69, 9.17) is 0 Å². The second-order valence-electron chi connectivity index (χ2n) is 7.27. The highest BCUT2D eigenvalue weighted by Gasteiger charge is 2.13. The molecule has 0 radical (unpaired) electrons. The van der Waals surface area contributed by atoms with E-state index in [2.05, 4.69) is 81.2 Å². The third-order valence-electron chi connectivity index (χ3n) is 3.96. The lowest BCUT2D eigenvalue weighted by atomic mass is 9.87. The van der Waals surface area contributed by atoms with Crippen LogP contribution in [-0.4, -0.2) is 4.98 Å². The first kappa shape index (κ1) is 14.8. The van der Waals surface area contributed by atoms with Gasteiger partial charge in [-0.15, -0.1) is 0 Å². The normalized spacial score (nSPS) is 11.8. The van der Waals surface area contributed by atoms with Crippen molar-refractivity contribution in [1.82, 2.24) is 4.98 Å². The molecule has 0 aliphatic rings. The van der Waals surface area contributed by atoms with Crippen LogP contribution < -0.4 is 0 Å². The summed E-state index contributed by atoms with van der Waals surface area (Å²) in [7, 11) is 0. The summed E-state index contributed by atoms with van der Waals surface area (Å²) in [6.07, 6.45) is 3.01. The van der Waals surface area contributed by atoms with Crippen molar-refractivity contribution in [2.45, 2.75) is 34.1 Å². The highest BCUT2D eigenvalue weighted by molar-refractivity contribution is 5.95. The molecule has 1 nitrogen and oxygen atoms in total. The van der Waals surface area contributed by atoms with E-state index >= 15 is 0 Å². The zero-order valence-electron chi connectivity index (χ0n) is 13.9. The molecule has 0 saturated heterocycles. The largest absolute Gasteiger partial charge is 0.256 e. The lowest BCUT2D eigenvalue weighted by Gasteiger charge is -2.18. The van der Waals surface area contributed by atoms with Crippen LogP contribution in [0.5, 0.6) is 0 Å². The Morgan fingerprint density at radius 1 is 0.955 bits per heavy atom. The fourth-order valence-electron chi connectivity index (χ4n) is 3.00. The molecule has 1 heterocycles. The molecule has 3 rings (SSSR count). The van der Waals surface area contributed by atoms with Crippen LogP contribution in [0.2, 0.25) is 0 Å². The first-order valence-corrected chi connectivity index (χ1v) is 7.88. The minimum absolute atomic E-state index is 0.305. The van der Waals surface area contributed by atoms with Crippen LogP contribution in [0.4, 0.5) is 0 Å². The number of fused-ring (bicyclic) bond motifs is 1. The standard InChI is InChI=1S/C21H23N/c1-15-7-5-6-8-18(15)20-19-10-9-16(14-21(2,3)4)13-17(19)11-12-22-20/h5-13H,14H2,1-4H3. The first-order chi connectivity index (χ1) is 10.4. The predicted molar refractivity (Wildman–Crippen MR) is 95.1 cm³/mol. The minimum atomic E-state index is 0.305. The topological polar surface area (TPSA) is 12.9 Å². The third kappa shape index (κ3) is 3.04. The van der Waals surface area contributed by atoms with Gasteiger partial charge in [0.05, 0.1) is 5.69 Å². The Balaban J connectivity index is 2.13. The quantitative estimate of drug-likeness (QED) is 0.581. The van der Waals surface area contributed by atoms with Gasteiger partial charge in [0.15, 0.2) is 0 Å². The van der Waals surface area contributed by atoms with Crippen LogP contribution in [0, 0.1) is 12.3 Å². The Bertz CT molecular complexity index is 809. The van der Waals surface area contributed by atoms with Crippen molar-refractivity contribution in [1.29, 1.82) is 0 Å². The number of aryl methyl sites for hydroxylation is 1. The van der Waals surface area contributed by atoms with Gasteiger partial charge in [-0.25, -0.2) is 0 Å². The van der Waals surface area contributed by atoms with Crippen LogP contribution in [0.25, 0.3) is 22.0 Å². The maximum atomic E-state index is 4.64. The summed E-state index contributed by atoms with van der Waals surface area (Å²) in [5, 5.41) is 2.50. The molecule has 1 aromatic heterocycles. The van der Waals surface area contributed by atoms with Crippen molar-refractivity contribution in [3.8, 4) is 11.3 Å². The predicted octanol–water partition coefficient (Wildman–Crippen LogP) is 5.80. The molecule has 2 aromatic carbocycles. The van der Waals surface area contributed by atoms with Gasteiger partial charge in [-0.2, -0.15) is 0 Å². The van der Waals surface area contributed by atoms with Crippen molar-refractivity contribution in [2.24, 2.45) is 5.41 Å². The Labute approximate surface area is 133 Å². The van der Waals surface area contributed by atoms with Gasteiger partial charge < -0.3 is 0 Å². The zero-order chi connectivity index (χ0) is 15.7. The summed E-state index contributed by atoms with van der Waals surface area (Å²) in [6.45, 7) is 8.98. The highest BCUT2D eigenvalue weighted by Crippen LogP contribution is 2.30. The van der Waals surface area contributed by atoms with Crippen molar-refractivity contribution in [3.63, 3.8) is 0 Å². The molecule has 0 aliphatic carbocycles. The number of rotatable bonds is 2. The molecular formula is C21H23N. The number of nitrogens with zero attached hydrogens (tertiary/aromatic N) is 1. The van der Waals surface area contributed by atoms with E-state index in [1.54, 1.807) is 0 Å². The minimum Gasteiger partial charge on any atom is -0.256 e. The molecule has 0 atom stereocenters. The van der Waals surface area contributed by atoms with E-state index in [-0.39, 0.29) is 0 Å². The van der Waals surface area contributed by atoms with Crippen LogP contribution in [-0.2, 0) is 6.42 Å². The fraction of sp³-hybridized carbons (Fsp3) is 0.286. The Hall–Kier alpha value is -2.15. The lowest BCUT2D eigenvalue weighted by molar-refractivity contribution is 0.411. The Morgan fingerprint density at radius 2 is 1.73 bits per heavy atom. The van der Waals surface area contributed by atoms with Crippen molar-refractivity contribution < 1.29 is 0 Å². The van der Waals surface area contributed by atoms with E-state index in [1.165, 1.54) is 27.5 Å². The molecule has 0 amide bonds. The van der Waals surface area contributed by atoms with Crippen LogP contribution >= 0.6 is 0 Å².